The van der Waals surface area contributed by atoms with Crippen LogP contribution in [-0.2, 0) is 13.6 Å². The molecule has 0 radical (unpaired) electrons. The Hall–Kier alpha value is -1.84. The van der Waals surface area contributed by atoms with E-state index >= 15 is 0 Å². The van der Waals surface area contributed by atoms with Crippen molar-refractivity contribution in [1.29, 1.82) is 0 Å². The van der Waals surface area contributed by atoms with Gasteiger partial charge in [-0.2, -0.15) is 5.10 Å². The standard InChI is InChI=1S/C21H33N7.HI/c1-5-22-21(28-11-10-18(16-28)19-14-25-26(4)15-19)24-13-17-8-9-20(23-12-17)27(6-2)7-3;/h8-9,12,14-15,18H,5-7,10-11,13,16H2,1-4H3,(H,22,24);1H. The molecule has 1 unspecified atom stereocenters. The summed E-state index contributed by atoms with van der Waals surface area (Å²) in [7, 11) is 1.97. The smallest absolute Gasteiger partial charge is 0.194 e. The van der Waals surface area contributed by atoms with E-state index in [0.29, 0.717) is 12.5 Å². The van der Waals surface area contributed by atoms with Gasteiger partial charge in [0.05, 0.1) is 12.7 Å². The van der Waals surface area contributed by atoms with E-state index in [-0.39, 0.29) is 24.0 Å². The van der Waals surface area contributed by atoms with E-state index in [9.17, 15) is 0 Å². The molecule has 0 aromatic carbocycles. The predicted octanol–water partition coefficient (Wildman–Crippen LogP) is 3.23. The van der Waals surface area contributed by atoms with Crippen LogP contribution in [-0.4, -0.2) is 58.3 Å². The van der Waals surface area contributed by atoms with Crippen LogP contribution >= 0.6 is 24.0 Å². The van der Waals surface area contributed by atoms with Gasteiger partial charge in [0.1, 0.15) is 5.82 Å². The summed E-state index contributed by atoms with van der Waals surface area (Å²) in [6.45, 7) is 11.9. The Morgan fingerprint density at radius 2 is 2.03 bits per heavy atom. The first-order valence-corrected chi connectivity index (χ1v) is 10.4. The van der Waals surface area contributed by atoms with Crippen LogP contribution in [0.4, 0.5) is 5.82 Å². The number of aryl methyl sites for hydroxylation is 1. The summed E-state index contributed by atoms with van der Waals surface area (Å²) < 4.78 is 1.88. The topological polar surface area (TPSA) is 61.6 Å². The molecule has 1 N–H and O–H groups in total. The van der Waals surface area contributed by atoms with E-state index in [1.54, 1.807) is 0 Å². The number of pyridine rings is 1. The van der Waals surface area contributed by atoms with Gasteiger partial charge in [-0.15, -0.1) is 24.0 Å². The van der Waals surface area contributed by atoms with Gasteiger partial charge >= 0.3 is 0 Å². The summed E-state index contributed by atoms with van der Waals surface area (Å²) >= 11 is 0. The Labute approximate surface area is 191 Å². The van der Waals surface area contributed by atoms with Crippen molar-refractivity contribution in [2.75, 3.05) is 37.6 Å². The lowest BCUT2D eigenvalue weighted by molar-refractivity contribution is 0.486. The van der Waals surface area contributed by atoms with Crippen LogP contribution in [0.5, 0.6) is 0 Å². The highest BCUT2D eigenvalue weighted by Crippen LogP contribution is 2.26. The number of anilines is 1. The Balaban J connectivity index is 0.00000300. The highest BCUT2D eigenvalue weighted by Gasteiger charge is 2.26. The zero-order valence-electron chi connectivity index (χ0n) is 18.0. The van der Waals surface area contributed by atoms with E-state index in [4.69, 9.17) is 4.99 Å². The van der Waals surface area contributed by atoms with E-state index in [2.05, 4.69) is 64.3 Å². The zero-order valence-corrected chi connectivity index (χ0v) is 20.3. The number of nitrogens with zero attached hydrogens (tertiary/aromatic N) is 6. The molecule has 1 aliphatic heterocycles. The molecule has 3 rings (SSSR count). The van der Waals surface area contributed by atoms with Crippen molar-refractivity contribution in [2.24, 2.45) is 12.0 Å². The molecular weight excluding hydrogens is 477 g/mol. The van der Waals surface area contributed by atoms with Gasteiger partial charge in [0.15, 0.2) is 5.96 Å². The minimum atomic E-state index is 0. The minimum absolute atomic E-state index is 0. The van der Waals surface area contributed by atoms with Crippen LogP contribution in [0.25, 0.3) is 0 Å². The van der Waals surface area contributed by atoms with E-state index in [1.165, 1.54) is 5.56 Å². The molecule has 7 nitrogen and oxygen atoms in total. The lowest BCUT2D eigenvalue weighted by atomic mass is 10.0. The summed E-state index contributed by atoms with van der Waals surface area (Å²) in [5, 5.41) is 7.76. The molecule has 0 aliphatic carbocycles. The number of aliphatic imine (C=N–C) groups is 1. The molecule has 1 aliphatic rings. The van der Waals surface area contributed by atoms with E-state index in [0.717, 1.165) is 56.5 Å². The largest absolute Gasteiger partial charge is 0.357 e. The first kappa shape index (κ1) is 23.4. The predicted molar refractivity (Wildman–Crippen MR) is 130 cm³/mol. The van der Waals surface area contributed by atoms with Crippen molar-refractivity contribution in [1.82, 2.24) is 25.0 Å². The Morgan fingerprint density at radius 1 is 1.24 bits per heavy atom. The first-order chi connectivity index (χ1) is 13.6. The molecule has 0 saturated carbocycles. The second kappa shape index (κ2) is 11.4. The Morgan fingerprint density at radius 3 is 2.62 bits per heavy atom. The molecular formula is C21H34IN7. The minimum Gasteiger partial charge on any atom is -0.357 e. The zero-order chi connectivity index (χ0) is 19.9. The van der Waals surface area contributed by atoms with Crippen molar-refractivity contribution in [2.45, 2.75) is 39.7 Å². The quantitative estimate of drug-likeness (QED) is 0.352. The molecule has 2 aromatic heterocycles. The molecule has 160 valence electrons. The number of likely N-dealkylation sites (tertiary alicyclic amines) is 1. The summed E-state index contributed by atoms with van der Waals surface area (Å²) in [5.74, 6) is 2.54. The van der Waals surface area contributed by atoms with Crippen molar-refractivity contribution in [3.63, 3.8) is 0 Å². The van der Waals surface area contributed by atoms with Gasteiger partial charge < -0.3 is 15.1 Å². The number of aromatic nitrogens is 3. The van der Waals surface area contributed by atoms with Gasteiger partial charge in [-0.1, -0.05) is 6.07 Å². The molecule has 0 spiro atoms. The number of guanidine groups is 1. The molecule has 0 amide bonds. The second-order valence-electron chi connectivity index (χ2n) is 7.25. The van der Waals surface area contributed by atoms with Crippen LogP contribution in [0, 0.1) is 0 Å². The van der Waals surface area contributed by atoms with Crippen molar-refractivity contribution < 1.29 is 0 Å². The van der Waals surface area contributed by atoms with Crippen LogP contribution < -0.4 is 10.2 Å². The third-order valence-corrected chi connectivity index (χ3v) is 5.33. The molecule has 29 heavy (non-hydrogen) atoms. The lowest BCUT2D eigenvalue weighted by Gasteiger charge is -2.22. The molecule has 2 aromatic rings. The average Bonchev–Trinajstić information content (AvgIpc) is 3.36. The maximum Gasteiger partial charge on any atom is 0.194 e. The molecule has 0 bridgehead atoms. The van der Waals surface area contributed by atoms with Crippen LogP contribution in [0.2, 0.25) is 0 Å². The third kappa shape index (κ3) is 6.07. The van der Waals surface area contributed by atoms with Gasteiger partial charge in [-0.25, -0.2) is 9.98 Å². The lowest BCUT2D eigenvalue weighted by Crippen LogP contribution is -2.40. The molecule has 1 saturated heterocycles. The van der Waals surface area contributed by atoms with Crippen molar-refractivity contribution in [3.8, 4) is 0 Å². The number of halogens is 1. The summed E-state index contributed by atoms with van der Waals surface area (Å²) in [5.41, 5.74) is 2.45. The third-order valence-electron chi connectivity index (χ3n) is 5.33. The molecule has 1 fully saturated rings. The SMILES string of the molecule is CCNC(=NCc1ccc(N(CC)CC)nc1)N1CCC(c2cnn(C)c2)C1.I. The number of rotatable bonds is 7. The van der Waals surface area contributed by atoms with Gasteiger partial charge in [-0.3, -0.25) is 4.68 Å². The highest BCUT2D eigenvalue weighted by atomic mass is 127. The van der Waals surface area contributed by atoms with Crippen LogP contribution in [0.3, 0.4) is 0 Å². The summed E-state index contributed by atoms with van der Waals surface area (Å²) in [4.78, 5) is 14.1. The van der Waals surface area contributed by atoms with Crippen LogP contribution in [0.15, 0.2) is 35.7 Å². The van der Waals surface area contributed by atoms with Gasteiger partial charge in [0, 0.05) is 58.1 Å². The number of nitrogens with one attached hydrogen (secondary N) is 1. The highest BCUT2D eigenvalue weighted by molar-refractivity contribution is 14.0. The Kier molecular flexibility index (Phi) is 9.19. The molecule has 1 atom stereocenters. The fraction of sp³-hybridized carbons (Fsp3) is 0.571. The summed E-state index contributed by atoms with van der Waals surface area (Å²) in [6, 6.07) is 4.23. The molecule has 3 heterocycles. The van der Waals surface area contributed by atoms with Gasteiger partial charge in [0.25, 0.3) is 0 Å². The van der Waals surface area contributed by atoms with E-state index in [1.807, 2.05) is 24.1 Å². The van der Waals surface area contributed by atoms with Crippen molar-refractivity contribution >= 4 is 35.8 Å². The Bertz CT molecular complexity index is 768. The van der Waals surface area contributed by atoms with Gasteiger partial charge in [-0.05, 0) is 44.4 Å². The maximum absolute atomic E-state index is 4.87. The monoisotopic (exact) mass is 511 g/mol. The second-order valence-corrected chi connectivity index (χ2v) is 7.25. The maximum atomic E-state index is 4.87. The van der Waals surface area contributed by atoms with Gasteiger partial charge in [0.2, 0.25) is 0 Å². The first-order valence-electron chi connectivity index (χ1n) is 10.4. The average molecular weight is 511 g/mol. The van der Waals surface area contributed by atoms with E-state index < -0.39 is 0 Å². The van der Waals surface area contributed by atoms with Crippen molar-refractivity contribution in [3.05, 3.63) is 41.9 Å². The number of hydrogen-bond acceptors (Lipinski definition) is 4. The normalized spacial score (nSPS) is 16.6. The fourth-order valence-electron chi connectivity index (χ4n) is 3.71. The molecule has 8 heteroatoms. The fourth-order valence-corrected chi connectivity index (χ4v) is 3.71. The summed E-state index contributed by atoms with van der Waals surface area (Å²) in [6.07, 6.45) is 7.20. The number of hydrogen-bond donors (Lipinski definition) is 1. The van der Waals surface area contributed by atoms with Crippen LogP contribution in [0.1, 0.15) is 44.2 Å².